The third-order valence-corrected chi connectivity index (χ3v) is 7.56. The zero-order valence-electron chi connectivity index (χ0n) is 14.8. The van der Waals surface area contributed by atoms with E-state index in [0.29, 0.717) is 28.8 Å². The van der Waals surface area contributed by atoms with Crippen molar-refractivity contribution in [1.29, 1.82) is 0 Å². The first kappa shape index (κ1) is 21.1. The second-order valence-electron chi connectivity index (χ2n) is 6.17. The van der Waals surface area contributed by atoms with Gasteiger partial charge in [-0.1, -0.05) is 35.8 Å². The van der Waals surface area contributed by atoms with Crippen LogP contribution in [0, 0.1) is 0 Å². The molecule has 0 saturated carbocycles. The van der Waals surface area contributed by atoms with Crippen LogP contribution in [0.3, 0.4) is 0 Å². The van der Waals surface area contributed by atoms with Gasteiger partial charge in [-0.2, -0.15) is 4.31 Å². The number of nitrogens with one attached hydrogen (secondary N) is 1. The predicted octanol–water partition coefficient (Wildman–Crippen LogP) is 3.34. The van der Waals surface area contributed by atoms with Crippen molar-refractivity contribution in [3.8, 4) is 0 Å². The second-order valence-corrected chi connectivity index (χ2v) is 9.90. The number of thiophene rings is 1. The minimum absolute atomic E-state index is 0.0187. The number of anilines is 1. The monoisotopic (exact) mass is 459 g/mol. The summed E-state index contributed by atoms with van der Waals surface area (Å²) in [7, 11) is -3.62. The molecule has 1 amide bonds. The fourth-order valence-electron chi connectivity index (χ4n) is 3.00. The summed E-state index contributed by atoms with van der Waals surface area (Å²) >= 11 is 13.7. The number of carbonyl (C=O) groups excluding carboxylic acids is 1. The van der Waals surface area contributed by atoms with Crippen molar-refractivity contribution in [2.45, 2.75) is 12.6 Å². The van der Waals surface area contributed by atoms with E-state index in [1.807, 2.05) is 22.4 Å². The molecule has 0 spiro atoms. The van der Waals surface area contributed by atoms with E-state index in [2.05, 4.69) is 11.9 Å². The Labute approximate surface area is 178 Å². The van der Waals surface area contributed by atoms with Gasteiger partial charge >= 0.3 is 0 Å². The molecular weight excluding hydrogens is 441 g/mol. The Morgan fingerprint density at radius 2 is 2.07 bits per heavy atom. The number of sulfonamides is 1. The molecule has 1 fully saturated rings. The maximum absolute atomic E-state index is 12.9. The summed E-state index contributed by atoms with van der Waals surface area (Å²) in [6, 6.07) is 8.24. The van der Waals surface area contributed by atoms with Crippen LogP contribution in [-0.4, -0.2) is 44.3 Å². The molecule has 0 bridgehead atoms. The first-order chi connectivity index (χ1) is 13.3. The number of rotatable bonds is 6. The van der Waals surface area contributed by atoms with Crippen LogP contribution in [0.15, 0.2) is 47.7 Å². The molecule has 1 N–H and O–H groups in total. The Morgan fingerprint density at radius 1 is 1.29 bits per heavy atom. The largest absolute Gasteiger partial charge is 0.357 e. The van der Waals surface area contributed by atoms with E-state index in [4.69, 9.17) is 23.2 Å². The Hall–Kier alpha value is -1.58. The van der Waals surface area contributed by atoms with Gasteiger partial charge in [0.1, 0.15) is 6.04 Å². The van der Waals surface area contributed by atoms with Crippen molar-refractivity contribution in [3.05, 3.63) is 62.6 Å². The molecule has 2 heterocycles. The maximum atomic E-state index is 12.9. The quantitative estimate of drug-likeness (QED) is 0.718. The van der Waals surface area contributed by atoms with E-state index in [1.54, 1.807) is 29.5 Å². The van der Waals surface area contributed by atoms with Crippen LogP contribution in [0.25, 0.3) is 0 Å². The summed E-state index contributed by atoms with van der Waals surface area (Å²) in [5, 5.41) is 6.52. The highest BCUT2D eigenvalue weighted by molar-refractivity contribution is 7.92. The van der Waals surface area contributed by atoms with Crippen LogP contribution >= 0.6 is 34.5 Å². The molecule has 0 unspecified atom stereocenters. The molecule has 1 atom stereocenters. The molecule has 28 heavy (non-hydrogen) atoms. The summed E-state index contributed by atoms with van der Waals surface area (Å²) < 4.78 is 25.7. The van der Waals surface area contributed by atoms with Crippen LogP contribution in [0.1, 0.15) is 4.88 Å². The van der Waals surface area contributed by atoms with E-state index in [1.165, 1.54) is 4.31 Å². The lowest BCUT2D eigenvalue weighted by atomic mass is 10.1. The molecule has 1 aromatic carbocycles. The summed E-state index contributed by atoms with van der Waals surface area (Å²) in [6.45, 7) is 4.35. The summed E-state index contributed by atoms with van der Waals surface area (Å²) in [6.07, 6.45) is 0. The molecule has 150 valence electrons. The van der Waals surface area contributed by atoms with Gasteiger partial charge in [0.15, 0.2) is 0 Å². The van der Waals surface area contributed by atoms with Crippen molar-refractivity contribution in [2.75, 3.05) is 24.5 Å². The van der Waals surface area contributed by atoms with Crippen LogP contribution in [-0.2, 0) is 21.4 Å². The van der Waals surface area contributed by atoms with Crippen molar-refractivity contribution in [2.24, 2.45) is 0 Å². The molecule has 1 aliphatic rings. The summed E-state index contributed by atoms with van der Waals surface area (Å²) in [5.41, 5.74) is 0.710. The molecule has 0 radical (unpaired) electrons. The van der Waals surface area contributed by atoms with Gasteiger partial charge in [-0.25, -0.2) is 8.42 Å². The average Bonchev–Trinajstić information content (AvgIpc) is 3.21. The molecule has 6 nitrogen and oxygen atoms in total. The number of hydrogen-bond donors (Lipinski definition) is 1. The SMILES string of the molecule is C=CS(=O)(=O)N1CCN(c2ccc(Cl)c(Cl)c2)[C@H](C(=O)NCc2cccs2)C1. The summed E-state index contributed by atoms with van der Waals surface area (Å²) in [4.78, 5) is 15.8. The molecule has 10 heteroatoms. The lowest BCUT2D eigenvalue weighted by molar-refractivity contribution is -0.123. The highest BCUT2D eigenvalue weighted by Gasteiger charge is 2.36. The normalized spacial score (nSPS) is 18.1. The topological polar surface area (TPSA) is 69.7 Å². The van der Waals surface area contributed by atoms with Crippen LogP contribution in [0.2, 0.25) is 10.0 Å². The molecule has 3 rings (SSSR count). The van der Waals surface area contributed by atoms with Gasteiger partial charge in [-0.15, -0.1) is 11.3 Å². The number of amides is 1. The van der Waals surface area contributed by atoms with Gasteiger partial charge in [0, 0.05) is 35.6 Å². The molecule has 1 saturated heterocycles. The number of carbonyl (C=O) groups is 1. The van der Waals surface area contributed by atoms with E-state index in [9.17, 15) is 13.2 Å². The standard InChI is InChI=1S/C18H19Cl2N3O3S2/c1-2-28(25,26)22-7-8-23(13-5-6-15(19)16(20)10-13)17(12-22)18(24)21-11-14-4-3-9-27-14/h2-6,9-10,17H,1,7-8,11-12H2,(H,21,24)/t17-/m0/s1. The molecule has 2 aromatic rings. The van der Waals surface area contributed by atoms with E-state index in [0.717, 1.165) is 10.3 Å². The van der Waals surface area contributed by atoms with Gasteiger partial charge in [0.2, 0.25) is 15.9 Å². The highest BCUT2D eigenvalue weighted by Crippen LogP contribution is 2.30. The lowest BCUT2D eigenvalue weighted by Gasteiger charge is -2.41. The van der Waals surface area contributed by atoms with Gasteiger partial charge < -0.3 is 10.2 Å². The molecule has 1 aromatic heterocycles. The van der Waals surface area contributed by atoms with Crippen LogP contribution < -0.4 is 10.2 Å². The summed E-state index contributed by atoms with van der Waals surface area (Å²) in [5.74, 6) is -0.261. The number of nitrogens with zero attached hydrogens (tertiary/aromatic N) is 2. The van der Waals surface area contributed by atoms with Gasteiger partial charge in [0.05, 0.1) is 16.6 Å². The number of hydrogen-bond acceptors (Lipinski definition) is 5. The smallest absolute Gasteiger partial charge is 0.244 e. The minimum atomic E-state index is -3.62. The van der Waals surface area contributed by atoms with E-state index < -0.39 is 16.1 Å². The zero-order chi connectivity index (χ0) is 20.3. The predicted molar refractivity (Wildman–Crippen MR) is 114 cm³/mol. The number of benzene rings is 1. The van der Waals surface area contributed by atoms with Crippen molar-refractivity contribution >= 4 is 56.2 Å². The van der Waals surface area contributed by atoms with Gasteiger partial charge in [-0.05, 0) is 29.6 Å². The van der Waals surface area contributed by atoms with Crippen LogP contribution in [0.4, 0.5) is 5.69 Å². The molecule has 0 aliphatic carbocycles. The maximum Gasteiger partial charge on any atom is 0.244 e. The number of piperazine rings is 1. The first-order valence-corrected chi connectivity index (χ1v) is 11.6. The van der Waals surface area contributed by atoms with Gasteiger partial charge in [-0.3, -0.25) is 4.79 Å². The Kier molecular flexibility index (Phi) is 6.67. The Bertz CT molecular complexity index is 964. The van der Waals surface area contributed by atoms with Gasteiger partial charge in [0.25, 0.3) is 0 Å². The number of halogens is 2. The zero-order valence-corrected chi connectivity index (χ0v) is 18.0. The van der Waals surface area contributed by atoms with Crippen LogP contribution in [0.5, 0.6) is 0 Å². The highest BCUT2D eigenvalue weighted by atomic mass is 35.5. The fraction of sp³-hybridized carbons (Fsp3) is 0.278. The van der Waals surface area contributed by atoms with Crippen molar-refractivity contribution in [3.63, 3.8) is 0 Å². The first-order valence-electron chi connectivity index (χ1n) is 8.46. The lowest BCUT2D eigenvalue weighted by Crippen LogP contribution is -2.60. The Balaban J connectivity index is 1.85. The third-order valence-electron chi connectivity index (χ3n) is 4.47. The Morgan fingerprint density at radius 3 is 2.71 bits per heavy atom. The molecule has 1 aliphatic heterocycles. The van der Waals surface area contributed by atoms with E-state index >= 15 is 0 Å². The fourth-order valence-corrected chi connectivity index (χ4v) is 4.83. The van der Waals surface area contributed by atoms with Crippen molar-refractivity contribution < 1.29 is 13.2 Å². The molecular formula is C18H19Cl2N3O3S2. The van der Waals surface area contributed by atoms with Crippen molar-refractivity contribution in [1.82, 2.24) is 9.62 Å². The minimum Gasteiger partial charge on any atom is -0.357 e. The average molecular weight is 460 g/mol. The third kappa shape index (κ3) is 4.69. The van der Waals surface area contributed by atoms with E-state index in [-0.39, 0.29) is 19.0 Å². The second kappa shape index (κ2) is 8.84.